The van der Waals surface area contributed by atoms with E-state index in [9.17, 15) is 4.39 Å². The van der Waals surface area contributed by atoms with Gasteiger partial charge in [-0.15, -0.1) is 0 Å². The third-order valence-corrected chi connectivity index (χ3v) is 2.01. The molecular weight excluding hydrogens is 199 g/mol. The first-order valence-electron chi connectivity index (χ1n) is 4.82. The van der Waals surface area contributed by atoms with E-state index in [1.165, 1.54) is 0 Å². The molecule has 1 aromatic rings. The molecule has 0 atom stereocenters. The summed E-state index contributed by atoms with van der Waals surface area (Å²) in [6.07, 6.45) is 1.62. The molecule has 0 aliphatic carbocycles. The van der Waals surface area contributed by atoms with Crippen molar-refractivity contribution in [3.8, 4) is 0 Å². The highest BCUT2D eigenvalue weighted by Gasteiger charge is 2.12. The molecule has 1 heterocycles. The summed E-state index contributed by atoms with van der Waals surface area (Å²) in [6.45, 7) is 3.10. The molecule has 0 spiro atoms. The van der Waals surface area contributed by atoms with Crippen molar-refractivity contribution in [2.24, 2.45) is 0 Å². The number of aromatic nitrogens is 2. The molecule has 5 nitrogen and oxygen atoms in total. The molecule has 0 amide bonds. The molecule has 0 unspecified atom stereocenters. The molecule has 0 bridgehead atoms. The van der Waals surface area contributed by atoms with E-state index in [1.807, 2.05) is 6.92 Å². The lowest BCUT2D eigenvalue weighted by atomic mass is 10.3. The Hall–Kier alpha value is -1.43. The summed E-state index contributed by atoms with van der Waals surface area (Å²) >= 11 is 0. The van der Waals surface area contributed by atoms with Crippen LogP contribution in [-0.2, 0) is 0 Å². The number of rotatable bonds is 5. The third kappa shape index (κ3) is 3.02. The highest BCUT2D eigenvalue weighted by Crippen LogP contribution is 2.16. The Morgan fingerprint density at radius 2 is 2.33 bits per heavy atom. The zero-order valence-corrected chi connectivity index (χ0v) is 8.65. The van der Waals surface area contributed by atoms with E-state index < -0.39 is 5.82 Å². The van der Waals surface area contributed by atoms with E-state index in [1.54, 1.807) is 4.90 Å². The summed E-state index contributed by atoms with van der Waals surface area (Å²) < 4.78 is 13.3. The summed E-state index contributed by atoms with van der Waals surface area (Å²) in [4.78, 5) is 9.10. The number of halogens is 1. The fourth-order valence-corrected chi connectivity index (χ4v) is 1.27. The summed E-state index contributed by atoms with van der Waals surface area (Å²) in [5, 5.41) is 8.70. The van der Waals surface area contributed by atoms with Crippen LogP contribution in [0.5, 0.6) is 0 Å². The van der Waals surface area contributed by atoms with Crippen LogP contribution in [0, 0.1) is 5.82 Å². The highest BCUT2D eigenvalue weighted by molar-refractivity contribution is 5.42. The number of nitrogens with zero attached hydrogens (tertiary/aromatic N) is 3. The number of hydrogen-bond donors (Lipinski definition) is 2. The minimum Gasteiger partial charge on any atom is -0.396 e. The smallest absolute Gasteiger partial charge is 0.222 e. The summed E-state index contributed by atoms with van der Waals surface area (Å²) in [5.41, 5.74) is 5.38. The predicted octanol–water partition coefficient (Wildman–Crippen LogP) is 0.407. The van der Waals surface area contributed by atoms with Crippen molar-refractivity contribution in [1.29, 1.82) is 0 Å². The zero-order chi connectivity index (χ0) is 11.3. The molecule has 0 saturated heterocycles. The molecule has 15 heavy (non-hydrogen) atoms. The van der Waals surface area contributed by atoms with Gasteiger partial charge in [-0.2, -0.15) is 4.98 Å². The fourth-order valence-electron chi connectivity index (χ4n) is 1.27. The van der Waals surface area contributed by atoms with Gasteiger partial charge < -0.3 is 15.7 Å². The van der Waals surface area contributed by atoms with Crippen LogP contribution in [0.3, 0.4) is 0 Å². The normalized spacial score (nSPS) is 10.3. The van der Waals surface area contributed by atoms with Gasteiger partial charge in [0, 0.05) is 19.7 Å². The predicted molar refractivity (Wildman–Crippen MR) is 56.0 cm³/mol. The largest absolute Gasteiger partial charge is 0.396 e. The maximum Gasteiger partial charge on any atom is 0.222 e. The first-order valence-corrected chi connectivity index (χ1v) is 4.82. The van der Waals surface area contributed by atoms with Crippen LogP contribution in [-0.4, -0.2) is 34.8 Å². The van der Waals surface area contributed by atoms with Crippen LogP contribution in [0.4, 0.5) is 16.2 Å². The van der Waals surface area contributed by atoms with Gasteiger partial charge >= 0.3 is 0 Å². The molecule has 1 aromatic heterocycles. The van der Waals surface area contributed by atoms with Crippen LogP contribution in [0.25, 0.3) is 0 Å². The standard InChI is InChI=1S/C9H15FN4O/c1-2-14(4-3-5-15)8-7(10)6-12-9(11)13-8/h6,15H,2-5H2,1H3,(H2,11,12,13). The molecule has 6 heteroatoms. The first kappa shape index (κ1) is 11.6. The number of nitrogen functional groups attached to an aromatic ring is 1. The summed E-state index contributed by atoms with van der Waals surface area (Å²) in [7, 11) is 0. The van der Waals surface area contributed by atoms with Gasteiger partial charge in [-0.25, -0.2) is 9.37 Å². The van der Waals surface area contributed by atoms with Crippen LogP contribution < -0.4 is 10.6 Å². The lowest BCUT2D eigenvalue weighted by Gasteiger charge is -2.21. The Labute approximate surface area is 87.8 Å². The Balaban J connectivity index is 2.85. The molecule has 0 radical (unpaired) electrons. The van der Waals surface area contributed by atoms with E-state index in [0.29, 0.717) is 19.5 Å². The quantitative estimate of drug-likeness (QED) is 0.742. The molecule has 0 aromatic carbocycles. The average Bonchev–Trinajstić information content (AvgIpc) is 2.24. The highest BCUT2D eigenvalue weighted by atomic mass is 19.1. The van der Waals surface area contributed by atoms with Crippen molar-refractivity contribution in [3.63, 3.8) is 0 Å². The Morgan fingerprint density at radius 3 is 2.93 bits per heavy atom. The van der Waals surface area contributed by atoms with Crippen molar-refractivity contribution in [2.75, 3.05) is 30.3 Å². The Kier molecular flexibility index (Phi) is 4.23. The molecule has 0 aliphatic rings. The van der Waals surface area contributed by atoms with Gasteiger partial charge in [0.2, 0.25) is 5.95 Å². The lowest BCUT2D eigenvalue weighted by molar-refractivity contribution is 0.289. The average molecular weight is 214 g/mol. The maximum atomic E-state index is 13.3. The van der Waals surface area contributed by atoms with Crippen LogP contribution in [0.2, 0.25) is 0 Å². The minimum atomic E-state index is -0.496. The van der Waals surface area contributed by atoms with E-state index >= 15 is 0 Å². The topological polar surface area (TPSA) is 75.3 Å². The molecule has 1 rings (SSSR count). The van der Waals surface area contributed by atoms with Gasteiger partial charge in [0.1, 0.15) is 0 Å². The first-order chi connectivity index (χ1) is 7.19. The summed E-state index contributed by atoms with van der Waals surface area (Å²) in [6, 6.07) is 0. The zero-order valence-electron chi connectivity index (χ0n) is 8.65. The molecule has 3 N–H and O–H groups in total. The Morgan fingerprint density at radius 1 is 1.60 bits per heavy atom. The number of aliphatic hydroxyl groups excluding tert-OH is 1. The van der Waals surface area contributed by atoms with Gasteiger partial charge in [0.05, 0.1) is 6.20 Å². The van der Waals surface area contributed by atoms with Crippen LogP contribution in [0.15, 0.2) is 6.20 Å². The monoisotopic (exact) mass is 214 g/mol. The SMILES string of the molecule is CCN(CCCO)c1nc(N)ncc1F. The Bertz CT molecular complexity index is 321. The van der Waals surface area contributed by atoms with Gasteiger partial charge in [-0.1, -0.05) is 0 Å². The van der Waals surface area contributed by atoms with Crippen molar-refractivity contribution >= 4 is 11.8 Å². The third-order valence-electron chi connectivity index (χ3n) is 2.01. The fraction of sp³-hybridized carbons (Fsp3) is 0.556. The number of aliphatic hydroxyl groups is 1. The minimum absolute atomic E-state index is 0.0499. The van der Waals surface area contributed by atoms with Crippen molar-refractivity contribution < 1.29 is 9.50 Å². The van der Waals surface area contributed by atoms with Gasteiger partial charge in [-0.05, 0) is 13.3 Å². The van der Waals surface area contributed by atoms with E-state index in [-0.39, 0.29) is 18.4 Å². The van der Waals surface area contributed by atoms with Crippen molar-refractivity contribution in [3.05, 3.63) is 12.0 Å². The number of nitrogens with two attached hydrogens (primary N) is 1. The number of hydrogen-bond acceptors (Lipinski definition) is 5. The molecule has 0 fully saturated rings. The molecule has 0 aliphatic heterocycles. The van der Waals surface area contributed by atoms with E-state index in [0.717, 1.165) is 6.20 Å². The van der Waals surface area contributed by atoms with Crippen LogP contribution >= 0.6 is 0 Å². The van der Waals surface area contributed by atoms with Crippen LogP contribution in [0.1, 0.15) is 13.3 Å². The van der Waals surface area contributed by atoms with E-state index in [2.05, 4.69) is 9.97 Å². The summed E-state index contributed by atoms with van der Waals surface area (Å²) in [5.74, 6) is -0.253. The second-order valence-electron chi connectivity index (χ2n) is 3.06. The second kappa shape index (κ2) is 5.45. The lowest BCUT2D eigenvalue weighted by Crippen LogP contribution is -2.27. The molecule has 84 valence electrons. The van der Waals surface area contributed by atoms with Crippen molar-refractivity contribution in [1.82, 2.24) is 9.97 Å². The van der Waals surface area contributed by atoms with Gasteiger partial charge in [0.25, 0.3) is 0 Å². The van der Waals surface area contributed by atoms with E-state index in [4.69, 9.17) is 10.8 Å². The van der Waals surface area contributed by atoms with Gasteiger partial charge in [0.15, 0.2) is 11.6 Å². The molecule has 0 saturated carbocycles. The molecular formula is C9H15FN4O. The van der Waals surface area contributed by atoms with Crippen molar-refractivity contribution in [2.45, 2.75) is 13.3 Å². The number of anilines is 2. The second-order valence-corrected chi connectivity index (χ2v) is 3.06. The maximum absolute atomic E-state index is 13.3. The van der Waals surface area contributed by atoms with Gasteiger partial charge in [-0.3, -0.25) is 0 Å².